The molecule has 3 aromatic rings. The molecule has 2 N–H and O–H groups in total. The molecule has 5 fully saturated rings. The highest BCUT2D eigenvalue weighted by Crippen LogP contribution is 2.32. The number of H-pyrrole nitrogens is 1. The maximum absolute atomic E-state index is 15.3. The maximum Gasteiger partial charge on any atom is 0.321 e. The molecule has 1 atom stereocenters. The van der Waals surface area contributed by atoms with Crippen LogP contribution in [0.2, 0.25) is 0 Å². The summed E-state index contributed by atoms with van der Waals surface area (Å²) in [4.78, 5) is 67.0. The summed E-state index contributed by atoms with van der Waals surface area (Å²) in [7, 11) is 0. The van der Waals surface area contributed by atoms with Crippen molar-refractivity contribution < 1.29 is 37.5 Å². The van der Waals surface area contributed by atoms with Gasteiger partial charge in [0.25, 0.3) is 17.4 Å². The Balaban J connectivity index is 0.755. The number of halogens is 2. The summed E-state index contributed by atoms with van der Waals surface area (Å²) < 4.78 is 41.9. The zero-order chi connectivity index (χ0) is 39.5. The van der Waals surface area contributed by atoms with Gasteiger partial charge in [-0.25, -0.2) is 13.8 Å². The van der Waals surface area contributed by atoms with Crippen LogP contribution in [0.4, 0.5) is 20.2 Å². The van der Waals surface area contributed by atoms with Crippen molar-refractivity contribution in [3.8, 4) is 5.75 Å². The normalized spacial score (nSPS) is 22.5. The summed E-state index contributed by atoms with van der Waals surface area (Å²) >= 11 is 0. The minimum atomic E-state index is -0.808. The number of aromatic amines is 1. The monoisotopic (exact) mass is 791 g/mol. The van der Waals surface area contributed by atoms with Gasteiger partial charge in [0.15, 0.2) is 0 Å². The fourth-order valence-corrected chi connectivity index (χ4v) is 9.11. The number of carbonyl (C=O) groups is 3. The summed E-state index contributed by atoms with van der Waals surface area (Å²) in [6.45, 7) is 7.59. The zero-order valence-electron chi connectivity index (χ0n) is 32.1. The number of aromatic nitrogens is 2. The molecule has 0 spiro atoms. The number of hydrogen-bond acceptors (Lipinski definition) is 12. The summed E-state index contributed by atoms with van der Waals surface area (Å²) in [6.07, 6.45) is 7.70. The van der Waals surface area contributed by atoms with Gasteiger partial charge in [0, 0.05) is 82.1 Å². The quantitative estimate of drug-likeness (QED) is 0.190. The first-order chi connectivity index (χ1) is 27.7. The second-order valence-electron chi connectivity index (χ2n) is 16.2. The van der Waals surface area contributed by atoms with Gasteiger partial charge in [-0.1, -0.05) is 0 Å². The van der Waals surface area contributed by atoms with E-state index in [2.05, 4.69) is 34.8 Å². The number of aryl methyl sites for hydroxylation is 1. The first kappa shape index (κ1) is 39.2. The van der Waals surface area contributed by atoms with Crippen molar-refractivity contribution >= 4 is 40.6 Å². The van der Waals surface area contributed by atoms with E-state index >= 15 is 8.78 Å². The molecular formula is C41H51F2N7O7. The Morgan fingerprint density at radius 1 is 0.877 bits per heavy atom. The van der Waals surface area contributed by atoms with Gasteiger partial charge in [-0.15, -0.1) is 5.06 Å². The Kier molecular flexibility index (Phi) is 12.0. The number of benzene rings is 2. The molecule has 306 valence electrons. The van der Waals surface area contributed by atoms with E-state index in [1.54, 1.807) is 18.2 Å². The van der Waals surface area contributed by atoms with Crippen molar-refractivity contribution in [1.29, 1.82) is 0 Å². The number of ether oxygens (including phenoxy) is 2. The second kappa shape index (κ2) is 17.4. The average molecular weight is 792 g/mol. The fourth-order valence-electron chi connectivity index (χ4n) is 9.11. The molecule has 0 radical (unpaired) electrons. The molecule has 2 aromatic carbocycles. The molecule has 5 saturated heterocycles. The van der Waals surface area contributed by atoms with Gasteiger partial charge in [0.2, 0.25) is 0 Å². The number of fused-ring (bicyclic) bond motifs is 1. The topological polar surface area (TPSA) is 150 Å². The van der Waals surface area contributed by atoms with Crippen molar-refractivity contribution in [1.82, 2.24) is 24.8 Å². The molecule has 0 bridgehead atoms. The molecule has 16 heteroatoms. The lowest BCUT2D eigenvalue weighted by atomic mass is 9.92. The summed E-state index contributed by atoms with van der Waals surface area (Å²) in [5.74, 6) is -0.393. The Labute approximate surface area is 329 Å². The zero-order valence-corrected chi connectivity index (χ0v) is 32.1. The predicted molar refractivity (Wildman–Crippen MR) is 207 cm³/mol. The van der Waals surface area contributed by atoms with Crippen molar-refractivity contribution in [2.24, 2.45) is 11.8 Å². The van der Waals surface area contributed by atoms with Crippen LogP contribution in [0.3, 0.4) is 0 Å². The molecule has 8 rings (SSSR count). The lowest BCUT2D eigenvalue weighted by Gasteiger charge is -2.52. The Hall–Kier alpha value is -4.67. The Bertz CT molecular complexity index is 1990. The van der Waals surface area contributed by atoms with Crippen LogP contribution in [-0.4, -0.2) is 120 Å². The van der Waals surface area contributed by atoms with Gasteiger partial charge < -0.3 is 29.5 Å². The van der Waals surface area contributed by atoms with Crippen molar-refractivity contribution in [2.75, 3.05) is 69.3 Å². The Morgan fingerprint density at radius 2 is 1.65 bits per heavy atom. The number of nitrogens with zero attached hydrogens (tertiary/aromatic N) is 5. The lowest BCUT2D eigenvalue weighted by molar-refractivity contribution is -0.197. The average Bonchev–Trinajstić information content (AvgIpc) is 3.19. The van der Waals surface area contributed by atoms with E-state index in [1.807, 2.05) is 0 Å². The largest absolute Gasteiger partial charge is 0.493 e. The molecule has 5 aliphatic rings. The van der Waals surface area contributed by atoms with E-state index in [-0.39, 0.29) is 30.5 Å². The molecule has 6 heterocycles. The van der Waals surface area contributed by atoms with Crippen molar-refractivity contribution in [3.05, 3.63) is 58.1 Å². The third-order valence-electron chi connectivity index (χ3n) is 12.6. The molecule has 14 nitrogen and oxygen atoms in total. The second-order valence-corrected chi connectivity index (χ2v) is 16.2. The number of rotatable bonds is 13. The van der Waals surface area contributed by atoms with Gasteiger partial charge in [-0.3, -0.25) is 29.0 Å². The van der Waals surface area contributed by atoms with Crippen LogP contribution < -0.4 is 20.5 Å². The number of likely N-dealkylation sites (tertiary alicyclic amines) is 2. The van der Waals surface area contributed by atoms with Crippen LogP contribution in [0, 0.1) is 23.5 Å². The SMILES string of the molecule is O=CON1C(=O)CCC(Nc2ccc(N3CCC(N4CC(N5CCC(COc6cc(F)c7c(=O)[nH]c(CCC8CCOCC8)nc7c6)CC5)C4)CC3)c(F)c2)C1=O. The van der Waals surface area contributed by atoms with E-state index in [9.17, 15) is 19.2 Å². The highest BCUT2D eigenvalue weighted by Gasteiger charge is 2.39. The smallest absolute Gasteiger partial charge is 0.321 e. The number of hydrogen-bond donors (Lipinski definition) is 2. The van der Waals surface area contributed by atoms with Gasteiger partial charge >= 0.3 is 6.47 Å². The van der Waals surface area contributed by atoms with E-state index < -0.39 is 29.2 Å². The van der Waals surface area contributed by atoms with Crippen LogP contribution in [0.5, 0.6) is 5.75 Å². The van der Waals surface area contributed by atoms with Gasteiger partial charge in [0.1, 0.15) is 34.6 Å². The van der Waals surface area contributed by atoms with E-state index in [4.69, 9.17) is 9.47 Å². The van der Waals surface area contributed by atoms with E-state index in [0.717, 1.165) is 97.4 Å². The molecule has 0 saturated carbocycles. The first-order valence-electron chi connectivity index (χ1n) is 20.4. The van der Waals surface area contributed by atoms with E-state index in [1.165, 1.54) is 12.1 Å². The standard InChI is InChI=1S/C41H51F2N7O7/c42-32-19-28(44-34-3-6-38(52)50(41(34)54)57-25-51)2-4-36(32)48-15-9-29(10-16-48)49-22-30(23-49)47-13-7-27(8-14-47)24-56-31-20-33(43)39-35(21-31)45-37(46-40(39)53)5-1-26-11-17-55-18-12-26/h2,4,19-21,25-27,29-30,34,44H,1,3,5-18,22-24H2,(H,45,46,53). The third kappa shape index (κ3) is 8.92. The van der Waals surface area contributed by atoms with Crippen LogP contribution in [0.1, 0.15) is 63.6 Å². The lowest BCUT2D eigenvalue weighted by Crippen LogP contribution is -2.64. The molecule has 1 unspecified atom stereocenters. The number of carbonyl (C=O) groups excluding carboxylic acids is 3. The van der Waals surface area contributed by atoms with Crippen LogP contribution in [0.25, 0.3) is 10.9 Å². The molecule has 5 aliphatic heterocycles. The summed E-state index contributed by atoms with van der Waals surface area (Å²) in [5.41, 5.74) is 0.810. The first-order valence-corrected chi connectivity index (χ1v) is 20.4. The number of piperidine rings is 3. The highest BCUT2D eigenvalue weighted by atomic mass is 19.1. The third-order valence-corrected chi connectivity index (χ3v) is 12.6. The van der Waals surface area contributed by atoms with Gasteiger partial charge in [-0.2, -0.15) is 0 Å². The van der Waals surface area contributed by atoms with Crippen LogP contribution in [0.15, 0.2) is 35.1 Å². The molecular weight excluding hydrogens is 740 g/mol. The summed E-state index contributed by atoms with van der Waals surface area (Å²) in [5, 5.41) is 3.40. The molecule has 1 aromatic heterocycles. The maximum atomic E-state index is 15.3. The van der Waals surface area contributed by atoms with E-state index in [0.29, 0.717) is 70.5 Å². The fraction of sp³-hybridized carbons (Fsp3) is 0.585. The number of anilines is 2. The Morgan fingerprint density at radius 3 is 2.39 bits per heavy atom. The minimum absolute atomic E-state index is 0.0270. The van der Waals surface area contributed by atoms with Crippen molar-refractivity contribution in [3.63, 3.8) is 0 Å². The number of amides is 2. The van der Waals surface area contributed by atoms with Gasteiger partial charge in [-0.05, 0) is 94.5 Å². The minimum Gasteiger partial charge on any atom is -0.493 e. The summed E-state index contributed by atoms with van der Waals surface area (Å²) in [6, 6.07) is 7.96. The molecule has 57 heavy (non-hydrogen) atoms. The molecule has 0 aliphatic carbocycles. The molecule has 2 amide bonds. The number of hydroxylamine groups is 2. The predicted octanol–water partition coefficient (Wildman–Crippen LogP) is 4.02. The number of nitrogens with one attached hydrogen (secondary N) is 2. The highest BCUT2D eigenvalue weighted by molar-refractivity contribution is 6.00. The van der Waals surface area contributed by atoms with Crippen molar-refractivity contribution in [2.45, 2.75) is 82.3 Å². The van der Waals surface area contributed by atoms with Gasteiger partial charge in [0.05, 0.1) is 17.8 Å². The van der Waals surface area contributed by atoms with Crippen LogP contribution >= 0.6 is 0 Å². The number of imide groups is 1. The van der Waals surface area contributed by atoms with Crippen LogP contribution in [-0.2, 0) is 30.4 Å².